The highest BCUT2D eigenvalue weighted by molar-refractivity contribution is 5.97. The van der Waals surface area contributed by atoms with E-state index in [0.29, 0.717) is 49.5 Å². The maximum atomic E-state index is 12.9. The molecule has 2 aromatic rings. The minimum Gasteiger partial charge on any atom is -0.497 e. The molecule has 7 nitrogen and oxygen atoms in total. The van der Waals surface area contributed by atoms with Crippen molar-refractivity contribution < 1.29 is 19.1 Å². The average Bonchev–Trinajstić information content (AvgIpc) is 2.84. The van der Waals surface area contributed by atoms with Crippen LogP contribution in [0.3, 0.4) is 0 Å². The number of benzene rings is 2. The summed E-state index contributed by atoms with van der Waals surface area (Å²) in [5.41, 5.74) is 2.03. The van der Waals surface area contributed by atoms with E-state index in [1.54, 1.807) is 58.2 Å². The molecule has 162 valence electrons. The molecule has 2 saturated heterocycles. The monoisotopic (exact) mass is 421 g/mol. The van der Waals surface area contributed by atoms with Crippen LogP contribution in [0.2, 0.25) is 0 Å². The van der Waals surface area contributed by atoms with E-state index in [4.69, 9.17) is 4.74 Å². The molecule has 0 bridgehead atoms. The number of anilines is 1. The zero-order valence-corrected chi connectivity index (χ0v) is 17.8. The molecule has 7 heteroatoms. The summed E-state index contributed by atoms with van der Waals surface area (Å²) in [5.74, 6) is 0.683. The zero-order valence-electron chi connectivity index (χ0n) is 17.8. The molecule has 4 rings (SSSR count). The molecule has 2 aromatic carbocycles. The van der Waals surface area contributed by atoms with E-state index in [2.05, 4.69) is 0 Å². The van der Waals surface area contributed by atoms with Gasteiger partial charge in [0.05, 0.1) is 7.11 Å². The van der Waals surface area contributed by atoms with E-state index in [1.165, 1.54) is 0 Å². The summed E-state index contributed by atoms with van der Waals surface area (Å²) < 4.78 is 5.20. The van der Waals surface area contributed by atoms with Gasteiger partial charge in [0.2, 0.25) is 5.91 Å². The number of rotatable bonds is 4. The van der Waals surface area contributed by atoms with Gasteiger partial charge in [-0.1, -0.05) is 6.07 Å². The SMILES string of the molecule is COc1cccc(C(=O)N2CCN(C(=O)c3ccc(N4CCCCC4=O)cc3)CC2)c1. The number of nitrogens with zero attached hydrogens (tertiary/aromatic N) is 3. The van der Waals surface area contributed by atoms with E-state index >= 15 is 0 Å². The van der Waals surface area contributed by atoms with Crippen LogP contribution in [0.5, 0.6) is 5.75 Å². The molecular weight excluding hydrogens is 394 g/mol. The van der Waals surface area contributed by atoms with Gasteiger partial charge < -0.3 is 19.4 Å². The molecule has 2 heterocycles. The van der Waals surface area contributed by atoms with E-state index in [-0.39, 0.29) is 17.7 Å². The fraction of sp³-hybridized carbons (Fsp3) is 0.375. The first-order valence-corrected chi connectivity index (χ1v) is 10.7. The lowest BCUT2D eigenvalue weighted by atomic mass is 10.1. The van der Waals surface area contributed by atoms with Crippen LogP contribution in [0.1, 0.15) is 40.0 Å². The van der Waals surface area contributed by atoms with Gasteiger partial charge >= 0.3 is 0 Å². The fourth-order valence-corrected chi connectivity index (χ4v) is 4.10. The number of methoxy groups -OCH3 is 1. The van der Waals surface area contributed by atoms with Crippen molar-refractivity contribution in [3.8, 4) is 5.75 Å². The number of amides is 3. The van der Waals surface area contributed by atoms with Crippen molar-refractivity contribution in [1.82, 2.24) is 9.80 Å². The van der Waals surface area contributed by atoms with Crippen LogP contribution in [-0.2, 0) is 4.79 Å². The maximum Gasteiger partial charge on any atom is 0.254 e. The highest BCUT2D eigenvalue weighted by Crippen LogP contribution is 2.22. The molecule has 3 amide bonds. The highest BCUT2D eigenvalue weighted by Gasteiger charge is 2.26. The summed E-state index contributed by atoms with van der Waals surface area (Å²) in [7, 11) is 1.57. The number of piperidine rings is 1. The summed E-state index contributed by atoms with van der Waals surface area (Å²) in [6, 6.07) is 14.4. The minimum absolute atomic E-state index is 0.0509. The number of piperazine rings is 1. The Morgan fingerprint density at radius 2 is 1.45 bits per heavy atom. The molecule has 2 fully saturated rings. The number of carbonyl (C=O) groups is 3. The lowest BCUT2D eigenvalue weighted by Crippen LogP contribution is -2.50. The van der Waals surface area contributed by atoms with E-state index in [1.807, 2.05) is 12.1 Å². The van der Waals surface area contributed by atoms with Crippen molar-refractivity contribution >= 4 is 23.4 Å². The second-order valence-electron chi connectivity index (χ2n) is 7.87. The molecule has 0 aliphatic carbocycles. The molecule has 0 radical (unpaired) electrons. The quantitative estimate of drug-likeness (QED) is 0.761. The third kappa shape index (κ3) is 4.55. The molecule has 0 unspecified atom stereocenters. The number of hydrogen-bond acceptors (Lipinski definition) is 4. The Morgan fingerprint density at radius 1 is 0.806 bits per heavy atom. The first-order valence-electron chi connectivity index (χ1n) is 10.7. The smallest absolute Gasteiger partial charge is 0.254 e. The average molecular weight is 421 g/mol. The molecule has 2 aliphatic rings. The van der Waals surface area contributed by atoms with Crippen molar-refractivity contribution in [2.75, 3.05) is 44.7 Å². The molecule has 0 aromatic heterocycles. The normalized spacial score (nSPS) is 16.9. The second kappa shape index (κ2) is 9.20. The molecule has 31 heavy (non-hydrogen) atoms. The summed E-state index contributed by atoms with van der Waals surface area (Å²) in [6.07, 6.45) is 2.53. The van der Waals surface area contributed by atoms with Gasteiger partial charge in [0, 0.05) is 56.0 Å². The molecule has 2 aliphatic heterocycles. The van der Waals surface area contributed by atoms with Gasteiger partial charge in [-0.15, -0.1) is 0 Å². The van der Waals surface area contributed by atoms with Crippen LogP contribution in [0.4, 0.5) is 5.69 Å². The lowest BCUT2D eigenvalue weighted by Gasteiger charge is -2.35. The van der Waals surface area contributed by atoms with Gasteiger partial charge in [-0.2, -0.15) is 0 Å². The predicted molar refractivity (Wildman–Crippen MR) is 117 cm³/mol. The van der Waals surface area contributed by atoms with Crippen LogP contribution in [0.25, 0.3) is 0 Å². The zero-order chi connectivity index (χ0) is 21.8. The molecule has 0 N–H and O–H groups in total. The number of carbonyl (C=O) groups excluding carboxylic acids is 3. The van der Waals surface area contributed by atoms with Crippen molar-refractivity contribution in [3.05, 3.63) is 59.7 Å². The Labute approximate surface area is 182 Å². The summed E-state index contributed by atoms with van der Waals surface area (Å²) >= 11 is 0. The molecular formula is C24H27N3O4. The van der Waals surface area contributed by atoms with Gasteiger partial charge in [-0.05, 0) is 55.3 Å². The number of ether oxygens (including phenoxy) is 1. The van der Waals surface area contributed by atoms with Crippen molar-refractivity contribution in [3.63, 3.8) is 0 Å². The van der Waals surface area contributed by atoms with E-state index in [9.17, 15) is 14.4 Å². The van der Waals surface area contributed by atoms with Gasteiger partial charge in [0.15, 0.2) is 0 Å². The summed E-state index contributed by atoms with van der Waals surface area (Å²) in [5, 5.41) is 0. The topological polar surface area (TPSA) is 70.2 Å². The van der Waals surface area contributed by atoms with Crippen LogP contribution < -0.4 is 9.64 Å². The Hall–Kier alpha value is -3.35. The standard InChI is InChI=1S/C24H27N3O4/c1-31-21-6-4-5-19(17-21)24(30)26-15-13-25(14-16-26)23(29)18-8-10-20(11-9-18)27-12-3-2-7-22(27)28/h4-6,8-11,17H,2-3,7,12-16H2,1H3. The predicted octanol–water partition coefficient (Wildman–Crippen LogP) is 2.81. The Kier molecular flexibility index (Phi) is 6.21. The molecule has 0 atom stereocenters. The van der Waals surface area contributed by atoms with Crippen LogP contribution >= 0.6 is 0 Å². The minimum atomic E-state index is -0.0541. The van der Waals surface area contributed by atoms with Crippen LogP contribution in [0, 0.1) is 0 Å². The second-order valence-corrected chi connectivity index (χ2v) is 7.87. The third-order valence-electron chi connectivity index (χ3n) is 5.92. The Bertz CT molecular complexity index is 965. The Morgan fingerprint density at radius 3 is 2.06 bits per heavy atom. The molecule has 0 saturated carbocycles. The van der Waals surface area contributed by atoms with Crippen molar-refractivity contribution in [2.24, 2.45) is 0 Å². The largest absolute Gasteiger partial charge is 0.497 e. The number of hydrogen-bond donors (Lipinski definition) is 0. The van der Waals surface area contributed by atoms with Crippen LogP contribution in [-0.4, -0.2) is 67.4 Å². The van der Waals surface area contributed by atoms with E-state index < -0.39 is 0 Å². The van der Waals surface area contributed by atoms with Gasteiger partial charge in [0.25, 0.3) is 11.8 Å². The summed E-state index contributed by atoms with van der Waals surface area (Å²) in [4.78, 5) is 43.1. The lowest BCUT2D eigenvalue weighted by molar-refractivity contribution is -0.119. The van der Waals surface area contributed by atoms with Gasteiger partial charge in [0.1, 0.15) is 5.75 Å². The first-order chi connectivity index (χ1) is 15.1. The maximum absolute atomic E-state index is 12.9. The van der Waals surface area contributed by atoms with Crippen LogP contribution in [0.15, 0.2) is 48.5 Å². The molecule has 0 spiro atoms. The summed E-state index contributed by atoms with van der Waals surface area (Å²) in [6.45, 7) is 2.68. The van der Waals surface area contributed by atoms with Crippen molar-refractivity contribution in [2.45, 2.75) is 19.3 Å². The highest BCUT2D eigenvalue weighted by atomic mass is 16.5. The fourth-order valence-electron chi connectivity index (χ4n) is 4.10. The van der Waals surface area contributed by atoms with Gasteiger partial charge in [-0.3, -0.25) is 14.4 Å². The van der Waals surface area contributed by atoms with Crippen molar-refractivity contribution in [1.29, 1.82) is 0 Å². The van der Waals surface area contributed by atoms with E-state index in [0.717, 1.165) is 25.1 Å². The third-order valence-corrected chi connectivity index (χ3v) is 5.92. The first kappa shape index (κ1) is 20.9. The Balaban J connectivity index is 1.35. The van der Waals surface area contributed by atoms with Gasteiger partial charge in [-0.25, -0.2) is 0 Å².